The van der Waals surface area contributed by atoms with E-state index >= 15 is 0 Å². The standard InChI is InChI=1S/C13H24N4O2/c1-13(2,3)19-12(18)17-7-4-6-14-8-5-11-15-9-10-16-11/h9-10,14H,4-8H2,1-3H3,(H,15,16)(H,17,18). The van der Waals surface area contributed by atoms with Gasteiger partial charge in [-0.25, -0.2) is 9.78 Å². The fourth-order valence-corrected chi connectivity index (χ4v) is 1.48. The third kappa shape index (κ3) is 8.20. The monoisotopic (exact) mass is 268 g/mol. The van der Waals surface area contributed by atoms with Crippen LogP contribution in [0.15, 0.2) is 12.4 Å². The van der Waals surface area contributed by atoms with Crippen LogP contribution in [0, 0.1) is 0 Å². The molecule has 0 saturated carbocycles. The number of amides is 1. The number of carbonyl (C=O) groups excluding carboxylic acids is 1. The largest absolute Gasteiger partial charge is 0.444 e. The summed E-state index contributed by atoms with van der Waals surface area (Å²) in [5.41, 5.74) is -0.439. The lowest BCUT2D eigenvalue weighted by Crippen LogP contribution is -2.34. The van der Waals surface area contributed by atoms with Crippen molar-refractivity contribution in [3.63, 3.8) is 0 Å². The van der Waals surface area contributed by atoms with Gasteiger partial charge in [-0.15, -0.1) is 0 Å². The number of rotatable bonds is 7. The van der Waals surface area contributed by atoms with Crippen LogP contribution < -0.4 is 10.6 Å². The molecule has 1 heterocycles. The van der Waals surface area contributed by atoms with E-state index in [1.54, 1.807) is 6.20 Å². The Balaban J connectivity index is 1.92. The lowest BCUT2D eigenvalue weighted by molar-refractivity contribution is 0.0527. The van der Waals surface area contributed by atoms with Gasteiger partial charge in [0, 0.05) is 31.9 Å². The lowest BCUT2D eigenvalue weighted by Gasteiger charge is -2.19. The van der Waals surface area contributed by atoms with Crippen LogP contribution in [-0.2, 0) is 11.2 Å². The van der Waals surface area contributed by atoms with Gasteiger partial charge in [-0.3, -0.25) is 0 Å². The molecule has 0 aromatic carbocycles. The maximum atomic E-state index is 11.3. The summed E-state index contributed by atoms with van der Waals surface area (Å²) in [6.45, 7) is 7.90. The van der Waals surface area contributed by atoms with Crippen LogP contribution in [0.5, 0.6) is 0 Å². The van der Waals surface area contributed by atoms with Crippen molar-refractivity contribution in [3.8, 4) is 0 Å². The van der Waals surface area contributed by atoms with Gasteiger partial charge in [0.25, 0.3) is 0 Å². The molecule has 0 fully saturated rings. The topological polar surface area (TPSA) is 79.0 Å². The maximum Gasteiger partial charge on any atom is 0.407 e. The van der Waals surface area contributed by atoms with E-state index in [0.29, 0.717) is 6.54 Å². The van der Waals surface area contributed by atoms with Crippen molar-refractivity contribution in [2.45, 2.75) is 39.2 Å². The summed E-state index contributed by atoms with van der Waals surface area (Å²) < 4.78 is 5.13. The molecule has 0 spiro atoms. The minimum Gasteiger partial charge on any atom is -0.444 e. The van der Waals surface area contributed by atoms with Crippen molar-refractivity contribution in [3.05, 3.63) is 18.2 Å². The number of imidazole rings is 1. The van der Waals surface area contributed by atoms with Gasteiger partial charge in [0.1, 0.15) is 11.4 Å². The minimum atomic E-state index is -0.439. The van der Waals surface area contributed by atoms with Crippen molar-refractivity contribution >= 4 is 6.09 Å². The molecule has 0 atom stereocenters. The van der Waals surface area contributed by atoms with Crippen LogP contribution in [0.25, 0.3) is 0 Å². The molecule has 6 nitrogen and oxygen atoms in total. The summed E-state index contributed by atoms with van der Waals surface area (Å²) >= 11 is 0. The third-order valence-electron chi connectivity index (χ3n) is 2.29. The van der Waals surface area contributed by atoms with E-state index in [2.05, 4.69) is 20.6 Å². The average molecular weight is 268 g/mol. The summed E-state index contributed by atoms with van der Waals surface area (Å²) in [5, 5.41) is 6.02. The zero-order chi connectivity index (χ0) is 14.1. The predicted octanol–water partition coefficient (Wildman–Crippen LogP) is 1.46. The van der Waals surface area contributed by atoms with Crippen LogP contribution in [-0.4, -0.2) is 41.3 Å². The number of aromatic nitrogens is 2. The molecular weight excluding hydrogens is 244 g/mol. The molecule has 1 amide bonds. The van der Waals surface area contributed by atoms with Crippen molar-refractivity contribution in [2.24, 2.45) is 0 Å². The van der Waals surface area contributed by atoms with Crippen molar-refractivity contribution in [1.29, 1.82) is 0 Å². The molecular formula is C13H24N4O2. The molecule has 0 aliphatic rings. The van der Waals surface area contributed by atoms with E-state index < -0.39 is 5.60 Å². The summed E-state index contributed by atoms with van der Waals surface area (Å²) in [6, 6.07) is 0. The Morgan fingerprint density at radius 2 is 2.16 bits per heavy atom. The van der Waals surface area contributed by atoms with E-state index in [1.807, 2.05) is 27.0 Å². The number of H-pyrrole nitrogens is 1. The number of carbonyl (C=O) groups is 1. The Kier molecular flexibility index (Phi) is 6.35. The van der Waals surface area contributed by atoms with Crippen LogP contribution >= 0.6 is 0 Å². The summed E-state index contributed by atoms with van der Waals surface area (Å²) in [5.74, 6) is 0.986. The first-order valence-electron chi connectivity index (χ1n) is 6.63. The van der Waals surface area contributed by atoms with E-state index in [1.165, 1.54) is 0 Å². The van der Waals surface area contributed by atoms with Crippen LogP contribution in [0.2, 0.25) is 0 Å². The van der Waals surface area contributed by atoms with E-state index in [-0.39, 0.29) is 6.09 Å². The molecule has 1 aromatic heterocycles. The van der Waals surface area contributed by atoms with Crippen LogP contribution in [0.3, 0.4) is 0 Å². The van der Waals surface area contributed by atoms with Gasteiger partial charge in [-0.2, -0.15) is 0 Å². The first kappa shape index (κ1) is 15.5. The molecule has 1 rings (SSSR count). The lowest BCUT2D eigenvalue weighted by atomic mass is 10.2. The van der Waals surface area contributed by atoms with E-state index in [0.717, 1.165) is 31.8 Å². The van der Waals surface area contributed by atoms with Gasteiger partial charge in [0.2, 0.25) is 0 Å². The number of nitrogens with zero attached hydrogens (tertiary/aromatic N) is 1. The quantitative estimate of drug-likeness (QED) is 0.654. The van der Waals surface area contributed by atoms with Gasteiger partial charge in [0.05, 0.1) is 0 Å². The molecule has 0 aliphatic carbocycles. The van der Waals surface area contributed by atoms with Crippen LogP contribution in [0.4, 0.5) is 4.79 Å². The van der Waals surface area contributed by atoms with Crippen molar-refractivity contribution in [2.75, 3.05) is 19.6 Å². The molecule has 0 saturated heterocycles. The summed E-state index contributed by atoms with van der Waals surface area (Å²) in [7, 11) is 0. The Hall–Kier alpha value is -1.56. The summed E-state index contributed by atoms with van der Waals surface area (Å²) in [4.78, 5) is 18.5. The third-order valence-corrected chi connectivity index (χ3v) is 2.29. The number of ether oxygens (including phenoxy) is 1. The molecule has 0 bridgehead atoms. The Morgan fingerprint density at radius 3 is 2.79 bits per heavy atom. The highest BCUT2D eigenvalue weighted by Crippen LogP contribution is 2.06. The normalized spacial score (nSPS) is 11.3. The second-order valence-corrected chi connectivity index (χ2v) is 5.32. The SMILES string of the molecule is CC(C)(C)OC(=O)NCCCNCCc1ncc[nH]1. The number of nitrogens with one attached hydrogen (secondary N) is 3. The zero-order valence-corrected chi connectivity index (χ0v) is 12.0. The highest BCUT2D eigenvalue weighted by Gasteiger charge is 2.15. The van der Waals surface area contributed by atoms with Gasteiger partial charge in [-0.05, 0) is 33.7 Å². The number of hydrogen-bond donors (Lipinski definition) is 3. The molecule has 3 N–H and O–H groups in total. The number of alkyl carbamates (subject to hydrolysis) is 1. The molecule has 0 aliphatic heterocycles. The Labute approximate surface area is 114 Å². The van der Waals surface area contributed by atoms with Gasteiger partial charge >= 0.3 is 6.09 Å². The van der Waals surface area contributed by atoms with Gasteiger partial charge in [0.15, 0.2) is 0 Å². The van der Waals surface area contributed by atoms with Crippen LogP contribution in [0.1, 0.15) is 33.0 Å². The highest BCUT2D eigenvalue weighted by molar-refractivity contribution is 5.67. The Bertz CT molecular complexity index is 357. The van der Waals surface area contributed by atoms with Gasteiger partial charge < -0.3 is 20.4 Å². The fraction of sp³-hybridized carbons (Fsp3) is 0.692. The smallest absolute Gasteiger partial charge is 0.407 e. The van der Waals surface area contributed by atoms with Gasteiger partial charge in [-0.1, -0.05) is 0 Å². The first-order chi connectivity index (χ1) is 8.97. The average Bonchev–Trinajstić information content (AvgIpc) is 2.78. The Morgan fingerprint density at radius 1 is 1.37 bits per heavy atom. The van der Waals surface area contributed by atoms with E-state index in [9.17, 15) is 4.79 Å². The highest BCUT2D eigenvalue weighted by atomic mass is 16.6. The first-order valence-corrected chi connectivity index (χ1v) is 6.63. The molecule has 19 heavy (non-hydrogen) atoms. The van der Waals surface area contributed by atoms with Crippen molar-refractivity contribution < 1.29 is 9.53 Å². The summed E-state index contributed by atoms with van der Waals surface area (Å²) in [6.07, 6.45) is 4.97. The predicted molar refractivity (Wildman–Crippen MR) is 74.0 cm³/mol. The zero-order valence-electron chi connectivity index (χ0n) is 12.0. The molecule has 1 aromatic rings. The maximum absolute atomic E-state index is 11.3. The second-order valence-electron chi connectivity index (χ2n) is 5.32. The minimum absolute atomic E-state index is 0.358. The van der Waals surface area contributed by atoms with E-state index in [4.69, 9.17) is 4.74 Å². The number of hydrogen-bond acceptors (Lipinski definition) is 4. The molecule has 0 unspecified atom stereocenters. The molecule has 108 valence electrons. The molecule has 6 heteroatoms. The number of aromatic amines is 1. The fourth-order valence-electron chi connectivity index (χ4n) is 1.48. The molecule has 0 radical (unpaired) electrons. The van der Waals surface area contributed by atoms with Crippen molar-refractivity contribution in [1.82, 2.24) is 20.6 Å². The second kappa shape index (κ2) is 7.78.